The van der Waals surface area contributed by atoms with E-state index < -0.39 is 0 Å². The molecule has 20 heavy (non-hydrogen) atoms. The van der Waals surface area contributed by atoms with Crippen molar-refractivity contribution >= 4 is 11.6 Å². The average molecular weight is 272 g/mol. The number of amides is 1. The molecule has 1 aromatic carbocycles. The number of nitrogens with two attached hydrogens (primary N) is 1. The number of para-hydroxylation sites is 1. The zero-order chi connectivity index (χ0) is 13.9. The largest absolute Gasteiger partial charge is 0.327 e. The molecule has 1 aromatic rings. The molecular formula is C17H24N2O. The highest BCUT2D eigenvalue weighted by molar-refractivity contribution is 5.94. The summed E-state index contributed by atoms with van der Waals surface area (Å²) in [5.41, 5.74) is 8.59. The summed E-state index contributed by atoms with van der Waals surface area (Å²) in [7, 11) is 0. The SMILES string of the molecule is NC1CCCC1CCN1C(=O)CCCc2ccccc21. The van der Waals surface area contributed by atoms with Gasteiger partial charge in [0, 0.05) is 24.7 Å². The Balaban J connectivity index is 1.74. The molecule has 0 spiro atoms. The van der Waals surface area contributed by atoms with Crippen LogP contribution in [0, 0.1) is 5.92 Å². The fraction of sp³-hybridized carbons (Fsp3) is 0.588. The van der Waals surface area contributed by atoms with Crippen molar-refractivity contribution < 1.29 is 4.79 Å². The third kappa shape index (κ3) is 2.73. The molecule has 2 N–H and O–H groups in total. The Morgan fingerprint density at radius 2 is 2.00 bits per heavy atom. The number of carbonyl (C=O) groups excluding carboxylic acids is 1. The van der Waals surface area contributed by atoms with Crippen LogP contribution in [0.2, 0.25) is 0 Å². The molecule has 3 rings (SSSR count). The highest BCUT2D eigenvalue weighted by Crippen LogP contribution is 2.30. The van der Waals surface area contributed by atoms with Crippen LogP contribution in [0.4, 0.5) is 5.69 Å². The van der Waals surface area contributed by atoms with Crippen LogP contribution in [0.1, 0.15) is 44.1 Å². The van der Waals surface area contributed by atoms with Crippen molar-refractivity contribution in [3.8, 4) is 0 Å². The number of hydrogen-bond acceptors (Lipinski definition) is 2. The summed E-state index contributed by atoms with van der Waals surface area (Å²) in [5.74, 6) is 0.875. The van der Waals surface area contributed by atoms with E-state index >= 15 is 0 Å². The minimum atomic E-state index is 0.279. The first kappa shape index (κ1) is 13.6. The molecule has 0 radical (unpaired) electrons. The number of carbonyl (C=O) groups is 1. The number of rotatable bonds is 3. The molecule has 0 saturated heterocycles. The Bertz CT molecular complexity index is 486. The summed E-state index contributed by atoms with van der Waals surface area (Å²) in [6.07, 6.45) is 7.32. The van der Waals surface area contributed by atoms with Crippen LogP contribution in [0.5, 0.6) is 0 Å². The first-order valence-corrected chi connectivity index (χ1v) is 7.89. The maximum absolute atomic E-state index is 12.4. The molecule has 0 bridgehead atoms. The lowest BCUT2D eigenvalue weighted by Crippen LogP contribution is -2.34. The molecule has 0 aromatic heterocycles. The van der Waals surface area contributed by atoms with E-state index in [0.717, 1.165) is 37.9 Å². The van der Waals surface area contributed by atoms with Gasteiger partial charge in [0.2, 0.25) is 5.91 Å². The number of anilines is 1. The molecule has 2 atom stereocenters. The molecule has 2 unspecified atom stereocenters. The van der Waals surface area contributed by atoms with E-state index in [1.807, 2.05) is 11.0 Å². The first-order chi connectivity index (χ1) is 9.75. The normalized spacial score (nSPS) is 26.4. The Kier molecular flexibility index (Phi) is 4.06. The van der Waals surface area contributed by atoms with Crippen molar-refractivity contribution in [1.29, 1.82) is 0 Å². The van der Waals surface area contributed by atoms with Gasteiger partial charge in [0.15, 0.2) is 0 Å². The summed E-state index contributed by atoms with van der Waals surface area (Å²) in [5, 5.41) is 0. The molecule has 3 nitrogen and oxygen atoms in total. The number of nitrogens with zero attached hydrogens (tertiary/aromatic N) is 1. The standard InChI is InChI=1S/C17H24N2O/c18-15-8-3-6-13(15)11-12-19-16-9-2-1-5-14(16)7-4-10-17(19)20/h1-2,5,9,13,15H,3-4,6-8,10-12,18H2. The van der Waals surface area contributed by atoms with E-state index in [1.54, 1.807) is 0 Å². The predicted molar refractivity (Wildman–Crippen MR) is 81.7 cm³/mol. The van der Waals surface area contributed by atoms with Gasteiger partial charge in [-0.25, -0.2) is 0 Å². The highest BCUT2D eigenvalue weighted by Gasteiger charge is 2.27. The van der Waals surface area contributed by atoms with Crippen molar-refractivity contribution in [1.82, 2.24) is 0 Å². The molecule has 1 aliphatic carbocycles. The number of aryl methyl sites for hydroxylation is 1. The van der Waals surface area contributed by atoms with Crippen molar-refractivity contribution in [2.75, 3.05) is 11.4 Å². The maximum atomic E-state index is 12.4. The second-order valence-corrected chi connectivity index (χ2v) is 6.17. The van der Waals surface area contributed by atoms with E-state index in [4.69, 9.17) is 5.73 Å². The van der Waals surface area contributed by atoms with Gasteiger partial charge in [-0.1, -0.05) is 24.6 Å². The fourth-order valence-electron chi connectivity index (χ4n) is 3.65. The first-order valence-electron chi connectivity index (χ1n) is 7.89. The topological polar surface area (TPSA) is 46.3 Å². The van der Waals surface area contributed by atoms with Gasteiger partial charge in [0.1, 0.15) is 0 Å². The Hall–Kier alpha value is -1.35. The molecule has 1 aliphatic heterocycles. The fourth-order valence-corrected chi connectivity index (χ4v) is 3.65. The second-order valence-electron chi connectivity index (χ2n) is 6.17. The summed E-state index contributed by atoms with van der Waals surface area (Å²) < 4.78 is 0. The lowest BCUT2D eigenvalue weighted by Gasteiger charge is -2.25. The number of hydrogen-bond donors (Lipinski definition) is 1. The average Bonchev–Trinajstić information content (AvgIpc) is 2.78. The van der Waals surface area contributed by atoms with Crippen molar-refractivity contribution in [3.63, 3.8) is 0 Å². The molecule has 2 aliphatic rings. The maximum Gasteiger partial charge on any atom is 0.226 e. The molecule has 1 heterocycles. The van der Waals surface area contributed by atoms with Crippen LogP contribution in [0.3, 0.4) is 0 Å². The molecule has 1 fully saturated rings. The third-order valence-electron chi connectivity index (χ3n) is 4.86. The summed E-state index contributed by atoms with van der Waals surface area (Å²) in [6, 6.07) is 8.69. The number of benzene rings is 1. The van der Waals surface area contributed by atoms with Crippen LogP contribution in [-0.2, 0) is 11.2 Å². The van der Waals surface area contributed by atoms with E-state index in [1.165, 1.54) is 18.4 Å². The lowest BCUT2D eigenvalue weighted by atomic mass is 9.99. The van der Waals surface area contributed by atoms with Gasteiger partial charge >= 0.3 is 0 Å². The summed E-state index contributed by atoms with van der Waals surface area (Å²) in [6.45, 7) is 0.828. The summed E-state index contributed by atoms with van der Waals surface area (Å²) >= 11 is 0. The minimum absolute atomic E-state index is 0.279. The predicted octanol–water partition coefficient (Wildman–Crippen LogP) is 2.87. The van der Waals surface area contributed by atoms with Gasteiger partial charge in [-0.05, 0) is 49.7 Å². The molecule has 1 amide bonds. The van der Waals surface area contributed by atoms with Gasteiger partial charge in [-0.15, -0.1) is 0 Å². The Morgan fingerprint density at radius 1 is 1.15 bits per heavy atom. The molecule has 108 valence electrons. The zero-order valence-corrected chi connectivity index (χ0v) is 12.1. The van der Waals surface area contributed by atoms with Crippen LogP contribution >= 0.6 is 0 Å². The second kappa shape index (κ2) is 5.96. The zero-order valence-electron chi connectivity index (χ0n) is 12.1. The van der Waals surface area contributed by atoms with Gasteiger partial charge in [-0.2, -0.15) is 0 Å². The smallest absolute Gasteiger partial charge is 0.226 e. The lowest BCUT2D eigenvalue weighted by molar-refractivity contribution is -0.118. The highest BCUT2D eigenvalue weighted by atomic mass is 16.2. The third-order valence-corrected chi connectivity index (χ3v) is 4.86. The minimum Gasteiger partial charge on any atom is -0.327 e. The quantitative estimate of drug-likeness (QED) is 0.919. The Morgan fingerprint density at radius 3 is 2.80 bits per heavy atom. The monoisotopic (exact) mass is 272 g/mol. The van der Waals surface area contributed by atoms with Crippen LogP contribution < -0.4 is 10.6 Å². The van der Waals surface area contributed by atoms with Crippen LogP contribution in [0.25, 0.3) is 0 Å². The molecule has 1 saturated carbocycles. The van der Waals surface area contributed by atoms with Crippen molar-refractivity contribution in [3.05, 3.63) is 29.8 Å². The van der Waals surface area contributed by atoms with E-state index in [-0.39, 0.29) is 5.91 Å². The van der Waals surface area contributed by atoms with Crippen LogP contribution in [0.15, 0.2) is 24.3 Å². The van der Waals surface area contributed by atoms with Crippen LogP contribution in [-0.4, -0.2) is 18.5 Å². The number of fused-ring (bicyclic) bond motifs is 1. The van der Waals surface area contributed by atoms with Gasteiger partial charge < -0.3 is 10.6 Å². The van der Waals surface area contributed by atoms with E-state index in [2.05, 4.69) is 18.2 Å². The summed E-state index contributed by atoms with van der Waals surface area (Å²) in [4.78, 5) is 14.4. The van der Waals surface area contributed by atoms with Gasteiger partial charge in [0.05, 0.1) is 0 Å². The molecular weight excluding hydrogens is 248 g/mol. The van der Waals surface area contributed by atoms with Gasteiger partial charge in [0.25, 0.3) is 0 Å². The van der Waals surface area contributed by atoms with E-state index in [0.29, 0.717) is 18.4 Å². The van der Waals surface area contributed by atoms with Gasteiger partial charge in [-0.3, -0.25) is 4.79 Å². The van der Waals surface area contributed by atoms with E-state index in [9.17, 15) is 4.79 Å². The molecule has 3 heteroatoms. The Labute approximate surface area is 121 Å². The van der Waals surface area contributed by atoms with Crippen molar-refractivity contribution in [2.24, 2.45) is 11.7 Å². The van der Waals surface area contributed by atoms with Crippen molar-refractivity contribution in [2.45, 2.75) is 51.0 Å².